The van der Waals surface area contributed by atoms with Crippen molar-refractivity contribution in [2.45, 2.75) is 52.2 Å². The Bertz CT molecular complexity index is 460. The van der Waals surface area contributed by atoms with E-state index in [4.69, 9.17) is 10.5 Å². The number of ether oxygens (including phenoxy) is 1. The van der Waals surface area contributed by atoms with Gasteiger partial charge in [0.1, 0.15) is 11.4 Å². The quantitative estimate of drug-likeness (QED) is 0.910. The molecule has 2 N–H and O–H groups in total. The lowest BCUT2D eigenvalue weighted by Crippen LogP contribution is -2.53. The number of nitrogens with zero attached hydrogens (tertiary/aromatic N) is 1. The fourth-order valence-corrected chi connectivity index (χ4v) is 2.62. The first kappa shape index (κ1) is 14.2. The molecule has 0 spiro atoms. The van der Waals surface area contributed by atoms with Crippen molar-refractivity contribution in [1.82, 2.24) is 0 Å². The highest BCUT2D eigenvalue weighted by molar-refractivity contribution is 5.62. The number of hydrogen-bond acceptors (Lipinski definition) is 3. The molecule has 1 aromatic rings. The van der Waals surface area contributed by atoms with E-state index in [9.17, 15) is 0 Å². The van der Waals surface area contributed by atoms with Gasteiger partial charge in [0.2, 0.25) is 0 Å². The Kier molecular flexibility index (Phi) is 3.52. The van der Waals surface area contributed by atoms with Crippen LogP contribution in [0.3, 0.4) is 0 Å². The first-order valence-electron chi connectivity index (χ1n) is 7.06. The van der Waals surface area contributed by atoms with E-state index in [1.165, 1.54) is 11.3 Å². The average molecular weight is 262 g/mol. The lowest BCUT2D eigenvalue weighted by atomic mass is 9.99. The highest BCUT2D eigenvalue weighted by atomic mass is 16.5. The minimum absolute atomic E-state index is 0.175. The molecule has 1 aliphatic rings. The number of hydrogen-bond donors (Lipinski definition) is 1. The van der Waals surface area contributed by atoms with Crippen molar-refractivity contribution < 1.29 is 4.74 Å². The van der Waals surface area contributed by atoms with Crippen molar-refractivity contribution in [3.63, 3.8) is 0 Å². The fraction of sp³-hybridized carbons (Fsp3) is 0.625. The van der Waals surface area contributed by atoms with Crippen LogP contribution >= 0.6 is 0 Å². The van der Waals surface area contributed by atoms with Crippen LogP contribution in [0.2, 0.25) is 0 Å². The van der Waals surface area contributed by atoms with Gasteiger partial charge >= 0.3 is 0 Å². The zero-order valence-corrected chi connectivity index (χ0v) is 12.8. The van der Waals surface area contributed by atoms with Gasteiger partial charge in [-0.2, -0.15) is 0 Å². The summed E-state index contributed by atoms with van der Waals surface area (Å²) in [7, 11) is 0. The second-order valence-corrected chi connectivity index (χ2v) is 6.86. The topological polar surface area (TPSA) is 38.5 Å². The third kappa shape index (κ3) is 3.41. The summed E-state index contributed by atoms with van der Waals surface area (Å²) < 4.78 is 6.08. The normalized spacial score (nSPS) is 17.9. The monoisotopic (exact) mass is 262 g/mol. The van der Waals surface area contributed by atoms with Gasteiger partial charge in [0, 0.05) is 12.1 Å². The molecule has 0 bridgehead atoms. The second kappa shape index (κ2) is 4.71. The summed E-state index contributed by atoms with van der Waals surface area (Å²) in [5, 5.41) is 0. The molecule has 0 aromatic heterocycles. The van der Waals surface area contributed by atoms with Gasteiger partial charge in [0.25, 0.3) is 0 Å². The molecule has 106 valence electrons. The summed E-state index contributed by atoms with van der Waals surface area (Å²) in [6, 6.07) is 6.47. The highest BCUT2D eigenvalue weighted by Crippen LogP contribution is 2.38. The van der Waals surface area contributed by atoms with Gasteiger partial charge in [0.05, 0.1) is 12.2 Å². The molecule has 0 fully saturated rings. The molecule has 0 atom stereocenters. The van der Waals surface area contributed by atoms with E-state index >= 15 is 0 Å². The van der Waals surface area contributed by atoms with Crippen molar-refractivity contribution in [2.24, 2.45) is 5.73 Å². The van der Waals surface area contributed by atoms with Crippen LogP contribution in [-0.4, -0.2) is 24.2 Å². The van der Waals surface area contributed by atoms with Crippen molar-refractivity contribution in [3.8, 4) is 5.75 Å². The van der Waals surface area contributed by atoms with E-state index in [2.05, 4.69) is 57.7 Å². The molecular weight excluding hydrogens is 236 g/mol. The van der Waals surface area contributed by atoms with Gasteiger partial charge in [-0.15, -0.1) is 0 Å². The van der Waals surface area contributed by atoms with Crippen LogP contribution in [0, 0.1) is 0 Å². The maximum Gasteiger partial charge on any atom is 0.143 e. The number of anilines is 1. The Hall–Kier alpha value is -1.22. The van der Waals surface area contributed by atoms with E-state index in [-0.39, 0.29) is 11.1 Å². The Morgan fingerprint density at radius 3 is 2.63 bits per heavy atom. The van der Waals surface area contributed by atoms with Crippen LogP contribution in [-0.2, 0) is 6.42 Å². The van der Waals surface area contributed by atoms with Gasteiger partial charge in [-0.05, 0) is 51.8 Å². The number of nitrogens with two attached hydrogens (primary N) is 1. The van der Waals surface area contributed by atoms with Crippen LogP contribution in [0.15, 0.2) is 18.2 Å². The van der Waals surface area contributed by atoms with Crippen LogP contribution in [0.1, 0.15) is 40.2 Å². The zero-order chi connectivity index (χ0) is 14.3. The average Bonchev–Trinajstić information content (AvgIpc) is 2.25. The lowest BCUT2D eigenvalue weighted by molar-refractivity contribution is 0.103. The van der Waals surface area contributed by atoms with Crippen molar-refractivity contribution in [3.05, 3.63) is 23.8 Å². The molecule has 1 heterocycles. The molecule has 0 amide bonds. The standard InChI is InChI=1S/C16H26N2O/c1-6-12-7-8-14-13(9-12)18(10-15(2,3)17)11-16(4,5)19-14/h7-9H,6,10-11,17H2,1-5H3. The van der Waals surface area contributed by atoms with Crippen molar-refractivity contribution in [1.29, 1.82) is 0 Å². The molecular formula is C16H26N2O. The predicted molar refractivity (Wildman–Crippen MR) is 81.0 cm³/mol. The molecule has 0 saturated heterocycles. The minimum atomic E-state index is -0.215. The van der Waals surface area contributed by atoms with E-state index in [0.29, 0.717) is 0 Å². The first-order valence-corrected chi connectivity index (χ1v) is 7.06. The fourth-order valence-electron chi connectivity index (χ4n) is 2.62. The molecule has 0 unspecified atom stereocenters. The van der Waals surface area contributed by atoms with E-state index in [1.54, 1.807) is 0 Å². The number of rotatable bonds is 3. The summed E-state index contributed by atoms with van der Waals surface area (Å²) in [6.07, 6.45) is 1.04. The molecule has 3 nitrogen and oxygen atoms in total. The summed E-state index contributed by atoms with van der Waals surface area (Å²) in [5.41, 5.74) is 8.32. The molecule has 19 heavy (non-hydrogen) atoms. The molecule has 0 saturated carbocycles. The van der Waals surface area contributed by atoms with Crippen LogP contribution < -0.4 is 15.4 Å². The Balaban J connectivity index is 2.39. The molecule has 1 aliphatic heterocycles. The van der Waals surface area contributed by atoms with Gasteiger partial charge < -0.3 is 15.4 Å². The molecule has 0 radical (unpaired) electrons. The van der Waals surface area contributed by atoms with E-state index in [0.717, 1.165) is 25.3 Å². The van der Waals surface area contributed by atoms with Gasteiger partial charge in [-0.3, -0.25) is 0 Å². The first-order chi connectivity index (χ1) is 8.70. The number of benzene rings is 1. The largest absolute Gasteiger partial charge is 0.484 e. The maximum atomic E-state index is 6.20. The smallest absolute Gasteiger partial charge is 0.143 e. The number of aryl methyl sites for hydroxylation is 1. The summed E-state index contributed by atoms with van der Waals surface area (Å²) >= 11 is 0. The SMILES string of the molecule is CCc1ccc2c(c1)N(CC(C)(C)N)CC(C)(C)O2. The Labute approximate surface area is 116 Å². The third-order valence-electron chi connectivity index (χ3n) is 3.33. The van der Waals surface area contributed by atoms with Gasteiger partial charge in [-0.1, -0.05) is 13.0 Å². The summed E-state index contributed by atoms with van der Waals surface area (Å²) in [6.45, 7) is 12.3. The van der Waals surface area contributed by atoms with Crippen molar-refractivity contribution >= 4 is 5.69 Å². The predicted octanol–water partition coefficient (Wildman–Crippen LogP) is 2.96. The Morgan fingerprint density at radius 1 is 1.37 bits per heavy atom. The van der Waals surface area contributed by atoms with E-state index in [1.807, 2.05) is 0 Å². The lowest BCUT2D eigenvalue weighted by Gasteiger charge is -2.43. The van der Waals surface area contributed by atoms with Crippen LogP contribution in [0.4, 0.5) is 5.69 Å². The minimum Gasteiger partial charge on any atom is -0.484 e. The van der Waals surface area contributed by atoms with Gasteiger partial charge in [-0.25, -0.2) is 0 Å². The summed E-state index contributed by atoms with van der Waals surface area (Å²) in [5.74, 6) is 0.970. The maximum absolute atomic E-state index is 6.20. The van der Waals surface area contributed by atoms with E-state index < -0.39 is 0 Å². The number of fused-ring (bicyclic) bond motifs is 1. The molecule has 1 aromatic carbocycles. The van der Waals surface area contributed by atoms with Crippen LogP contribution in [0.25, 0.3) is 0 Å². The molecule has 3 heteroatoms. The van der Waals surface area contributed by atoms with Crippen molar-refractivity contribution in [2.75, 3.05) is 18.0 Å². The highest BCUT2D eigenvalue weighted by Gasteiger charge is 2.33. The zero-order valence-electron chi connectivity index (χ0n) is 12.8. The second-order valence-electron chi connectivity index (χ2n) is 6.86. The Morgan fingerprint density at radius 2 is 2.05 bits per heavy atom. The van der Waals surface area contributed by atoms with Gasteiger partial charge in [0.15, 0.2) is 0 Å². The summed E-state index contributed by atoms with van der Waals surface area (Å²) in [4.78, 5) is 2.36. The van der Waals surface area contributed by atoms with Crippen LogP contribution in [0.5, 0.6) is 5.75 Å². The molecule has 0 aliphatic carbocycles. The third-order valence-corrected chi connectivity index (χ3v) is 3.33. The molecule has 2 rings (SSSR count).